The average molecular weight is 259 g/mol. The van der Waals surface area contributed by atoms with Gasteiger partial charge in [0.1, 0.15) is 0 Å². The predicted molar refractivity (Wildman–Crippen MR) is 51.5 cm³/mol. The Balaban J connectivity index is 2.94. The normalized spacial score (nSPS) is 10.7. The Labute approximate surface area is 77.7 Å². The van der Waals surface area contributed by atoms with Gasteiger partial charge in [-0.05, 0) is 41.6 Å². The fraction of sp³-hybridized carbons (Fsp3) is 0.125. The van der Waals surface area contributed by atoms with Crippen LogP contribution in [0.4, 0.5) is 0 Å². The van der Waals surface area contributed by atoms with Crippen molar-refractivity contribution in [2.45, 2.75) is 6.92 Å². The first kappa shape index (κ1) is 7.09. The van der Waals surface area contributed by atoms with E-state index in [0.29, 0.717) is 0 Å². The van der Waals surface area contributed by atoms with E-state index in [1.165, 1.54) is 0 Å². The number of aryl methyl sites for hydroxylation is 1. The molecule has 3 heteroatoms. The summed E-state index contributed by atoms with van der Waals surface area (Å²) in [6.07, 6.45) is 0. The lowest BCUT2D eigenvalue weighted by Crippen LogP contribution is -1.71. The Morgan fingerprint density at radius 3 is 3.00 bits per heavy atom. The Morgan fingerprint density at radius 1 is 1.45 bits per heavy atom. The van der Waals surface area contributed by atoms with Crippen molar-refractivity contribution in [2.75, 3.05) is 0 Å². The van der Waals surface area contributed by atoms with Crippen LogP contribution in [-0.2, 0) is 0 Å². The number of fused-ring (bicyclic) bond motifs is 1. The molecule has 2 aromatic rings. The molecule has 0 unspecified atom stereocenters. The van der Waals surface area contributed by atoms with Crippen LogP contribution in [0.1, 0.15) is 5.69 Å². The topological polar surface area (TPSA) is 26.0 Å². The van der Waals surface area contributed by atoms with E-state index in [1.807, 2.05) is 25.1 Å². The number of hydrogen-bond donors (Lipinski definition) is 0. The largest absolute Gasteiger partial charge is 0.355 e. The van der Waals surface area contributed by atoms with Crippen molar-refractivity contribution in [1.82, 2.24) is 5.16 Å². The van der Waals surface area contributed by atoms with Gasteiger partial charge < -0.3 is 4.52 Å². The first-order chi connectivity index (χ1) is 5.29. The molecule has 0 radical (unpaired) electrons. The highest BCUT2D eigenvalue weighted by molar-refractivity contribution is 14.1. The van der Waals surface area contributed by atoms with Crippen LogP contribution in [-0.4, -0.2) is 5.16 Å². The third kappa shape index (κ3) is 1.03. The van der Waals surface area contributed by atoms with Crippen LogP contribution in [0.25, 0.3) is 11.0 Å². The van der Waals surface area contributed by atoms with E-state index in [4.69, 9.17) is 4.52 Å². The van der Waals surface area contributed by atoms with Gasteiger partial charge in [-0.3, -0.25) is 0 Å². The van der Waals surface area contributed by atoms with Crippen LogP contribution >= 0.6 is 22.6 Å². The molecule has 0 aliphatic carbocycles. The maximum Gasteiger partial charge on any atom is 0.180 e. The Bertz CT molecular complexity index is 394. The van der Waals surface area contributed by atoms with Gasteiger partial charge in [0.05, 0.1) is 9.26 Å². The van der Waals surface area contributed by atoms with Crippen molar-refractivity contribution in [1.29, 1.82) is 0 Å². The van der Waals surface area contributed by atoms with E-state index in [0.717, 1.165) is 20.2 Å². The summed E-state index contributed by atoms with van der Waals surface area (Å²) >= 11 is 2.24. The number of para-hydroxylation sites is 1. The van der Waals surface area contributed by atoms with E-state index >= 15 is 0 Å². The summed E-state index contributed by atoms with van der Waals surface area (Å²) in [7, 11) is 0. The van der Waals surface area contributed by atoms with Gasteiger partial charge >= 0.3 is 0 Å². The summed E-state index contributed by atoms with van der Waals surface area (Å²) in [4.78, 5) is 0. The van der Waals surface area contributed by atoms with Crippen molar-refractivity contribution in [3.05, 3.63) is 27.5 Å². The molecule has 1 aromatic heterocycles. The third-order valence-electron chi connectivity index (χ3n) is 1.63. The van der Waals surface area contributed by atoms with Crippen molar-refractivity contribution >= 4 is 33.6 Å². The van der Waals surface area contributed by atoms with Gasteiger partial charge in [0.15, 0.2) is 5.58 Å². The Morgan fingerprint density at radius 2 is 2.27 bits per heavy atom. The van der Waals surface area contributed by atoms with E-state index < -0.39 is 0 Å². The van der Waals surface area contributed by atoms with Gasteiger partial charge in [-0.2, -0.15) is 0 Å². The zero-order valence-electron chi connectivity index (χ0n) is 5.97. The number of hydrogen-bond acceptors (Lipinski definition) is 2. The molecule has 0 saturated heterocycles. The van der Waals surface area contributed by atoms with Gasteiger partial charge in [0.2, 0.25) is 0 Å². The highest BCUT2D eigenvalue weighted by atomic mass is 127. The Kier molecular flexibility index (Phi) is 1.60. The molecule has 1 aromatic carbocycles. The first-order valence-electron chi connectivity index (χ1n) is 3.29. The molecule has 0 saturated carbocycles. The SMILES string of the molecule is Cc1noc2c(I)cccc12. The molecular formula is C8H6INO. The lowest BCUT2D eigenvalue weighted by atomic mass is 10.2. The highest BCUT2D eigenvalue weighted by Gasteiger charge is 2.05. The van der Waals surface area contributed by atoms with Crippen LogP contribution < -0.4 is 0 Å². The van der Waals surface area contributed by atoms with E-state index in [-0.39, 0.29) is 0 Å². The van der Waals surface area contributed by atoms with E-state index in [9.17, 15) is 0 Å². The molecule has 2 rings (SSSR count). The van der Waals surface area contributed by atoms with Crippen LogP contribution in [0.15, 0.2) is 22.7 Å². The van der Waals surface area contributed by atoms with Crippen molar-refractivity contribution < 1.29 is 4.52 Å². The van der Waals surface area contributed by atoms with Crippen molar-refractivity contribution in [3.63, 3.8) is 0 Å². The number of rotatable bonds is 0. The smallest absolute Gasteiger partial charge is 0.180 e. The summed E-state index contributed by atoms with van der Waals surface area (Å²) in [5.41, 5.74) is 1.85. The molecule has 1 heterocycles. The summed E-state index contributed by atoms with van der Waals surface area (Å²) < 4.78 is 6.23. The standard InChI is InChI=1S/C8H6INO/c1-5-6-3-2-4-7(9)8(6)11-10-5/h2-4H,1H3. The van der Waals surface area contributed by atoms with Gasteiger partial charge in [-0.1, -0.05) is 11.2 Å². The van der Waals surface area contributed by atoms with Gasteiger partial charge in [0.25, 0.3) is 0 Å². The zero-order chi connectivity index (χ0) is 7.84. The number of benzene rings is 1. The molecule has 0 atom stereocenters. The third-order valence-corrected chi connectivity index (χ3v) is 2.48. The predicted octanol–water partition coefficient (Wildman–Crippen LogP) is 2.74. The summed E-state index contributed by atoms with van der Waals surface area (Å²) in [5.74, 6) is 0. The molecule has 0 fully saturated rings. The molecule has 11 heavy (non-hydrogen) atoms. The van der Waals surface area contributed by atoms with Gasteiger partial charge in [-0.15, -0.1) is 0 Å². The minimum absolute atomic E-state index is 0.894. The maximum atomic E-state index is 5.12. The van der Waals surface area contributed by atoms with Gasteiger partial charge in [0, 0.05) is 5.39 Å². The molecule has 0 aliphatic rings. The summed E-state index contributed by atoms with van der Waals surface area (Å²) in [5, 5.41) is 4.99. The fourth-order valence-electron chi connectivity index (χ4n) is 1.05. The minimum Gasteiger partial charge on any atom is -0.355 e. The Hall–Kier alpha value is -0.580. The quantitative estimate of drug-likeness (QED) is 0.680. The lowest BCUT2D eigenvalue weighted by molar-refractivity contribution is 0.449. The molecule has 0 bridgehead atoms. The summed E-state index contributed by atoms with van der Waals surface area (Å²) in [6, 6.07) is 6.03. The highest BCUT2D eigenvalue weighted by Crippen LogP contribution is 2.22. The second-order valence-electron chi connectivity index (χ2n) is 2.38. The monoisotopic (exact) mass is 259 g/mol. The van der Waals surface area contributed by atoms with Crippen molar-refractivity contribution in [2.24, 2.45) is 0 Å². The van der Waals surface area contributed by atoms with Gasteiger partial charge in [-0.25, -0.2) is 0 Å². The van der Waals surface area contributed by atoms with E-state index in [1.54, 1.807) is 0 Å². The number of halogens is 1. The van der Waals surface area contributed by atoms with E-state index in [2.05, 4.69) is 27.7 Å². The summed E-state index contributed by atoms with van der Waals surface area (Å²) in [6.45, 7) is 1.95. The van der Waals surface area contributed by atoms with Crippen LogP contribution in [0.2, 0.25) is 0 Å². The molecule has 0 aliphatic heterocycles. The van der Waals surface area contributed by atoms with Crippen LogP contribution in [0, 0.1) is 10.5 Å². The zero-order valence-corrected chi connectivity index (χ0v) is 8.12. The minimum atomic E-state index is 0.894. The molecule has 0 amide bonds. The molecule has 2 nitrogen and oxygen atoms in total. The average Bonchev–Trinajstić information content (AvgIpc) is 2.35. The lowest BCUT2D eigenvalue weighted by Gasteiger charge is -1.88. The number of aromatic nitrogens is 1. The van der Waals surface area contributed by atoms with Crippen LogP contribution in [0.5, 0.6) is 0 Å². The molecule has 56 valence electrons. The molecule has 0 N–H and O–H groups in total. The second kappa shape index (κ2) is 2.48. The van der Waals surface area contributed by atoms with Crippen molar-refractivity contribution in [3.8, 4) is 0 Å². The first-order valence-corrected chi connectivity index (χ1v) is 4.37. The molecule has 0 spiro atoms. The fourth-order valence-corrected chi connectivity index (χ4v) is 1.65. The van der Waals surface area contributed by atoms with Crippen LogP contribution in [0.3, 0.4) is 0 Å². The molecular weight excluding hydrogens is 253 g/mol. The number of nitrogens with zero attached hydrogens (tertiary/aromatic N) is 1. The second-order valence-corrected chi connectivity index (χ2v) is 3.55. The maximum absolute atomic E-state index is 5.12.